The van der Waals surface area contributed by atoms with Crippen LogP contribution in [0.1, 0.15) is 42.5 Å². The minimum Gasteiger partial charge on any atom is -0.325 e. The van der Waals surface area contributed by atoms with Crippen LogP contribution >= 0.6 is 0 Å². The highest BCUT2D eigenvalue weighted by Crippen LogP contribution is 2.33. The first-order chi connectivity index (χ1) is 19.7. The van der Waals surface area contributed by atoms with E-state index in [-0.39, 0.29) is 28.0 Å². The molecule has 4 aromatic rings. The van der Waals surface area contributed by atoms with Crippen LogP contribution < -0.4 is 16.0 Å². The van der Waals surface area contributed by atoms with Crippen LogP contribution in [0.5, 0.6) is 0 Å². The average Bonchev–Trinajstić information content (AvgIpc) is 3.40. The van der Waals surface area contributed by atoms with E-state index >= 15 is 0 Å². The zero-order valence-corrected chi connectivity index (χ0v) is 21.9. The van der Waals surface area contributed by atoms with Crippen molar-refractivity contribution in [3.05, 3.63) is 90.0 Å². The van der Waals surface area contributed by atoms with E-state index < -0.39 is 23.9 Å². The van der Waals surface area contributed by atoms with Crippen molar-refractivity contribution in [3.63, 3.8) is 0 Å². The molecule has 41 heavy (non-hydrogen) atoms. The molecule has 0 unspecified atom stereocenters. The number of fused-ring (bicyclic) bond motifs is 1. The van der Waals surface area contributed by atoms with Crippen LogP contribution in [0.4, 0.5) is 30.2 Å². The molecule has 1 saturated carbocycles. The van der Waals surface area contributed by atoms with Crippen LogP contribution in [-0.2, 0) is 4.79 Å². The van der Waals surface area contributed by atoms with Crippen LogP contribution in [0, 0.1) is 12.5 Å². The van der Waals surface area contributed by atoms with Crippen molar-refractivity contribution >= 4 is 34.4 Å². The molecular weight excluding hydrogens is 533 g/mol. The number of benzene rings is 2. The number of halogens is 3. The van der Waals surface area contributed by atoms with Gasteiger partial charge in [0.05, 0.1) is 30.0 Å². The summed E-state index contributed by atoms with van der Waals surface area (Å²) < 4.78 is 43.5. The molecule has 1 aliphatic rings. The number of anilines is 2. The number of aromatic nitrogens is 2. The SMILES string of the molecule is [C-]#[N+]c1ccc(N(C(=O)c2ccn3ncc(-c4ccc(NC(=O)[C@@H](N)C5CCCCC5)cc4)c3c2)C(F)(F)F)cc1. The first-order valence-corrected chi connectivity index (χ1v) is 13.2. The highest BCUT2D eigenvalue weighted by Gasteiger charge is 2.42. The van der Waals surface area contributed by atoms with Crippen molar-refractivity contribution in [1.29, 1.82) is 0 Å². The van der Waals surface area contributed by atoms with E-state index in [2.05, 4.69) is 15.3 Å². The predicted molar refractivity (Wildman–Crippen MR) is 149 cm³/mol. The quantitative estimate of drug-likeness (QED) is 0.206. The van der Waals surface area contributed by atoms with Crippen LogP contribution in [0.15, 0.2) is 73.1 Å². The summed E-state index contributed by atoms with van der Waals surface area (Å²) >= 11 is 0. The van der Waals surface area contributed by atoms with Gasteiger partial charge in [-0.2, -0.15) is 5.10 Å². The second-order valence-corrected chi connectivity index (χ2v) is 10.0. The molecule has 0 spiro atoms. The minimum atomic E-state index is -4.99. The van der Waals surface area contributed by atoms with Gasteiger partial charge in [-0.05, 0) is 60.7 Å². The van der Waals surface area contributed by atoms with Crippen molar-refractivity contribution in [3.8, 4) is 11.1 Å². The summed E-state index contributed by atoms with van der Waals surface area (Å²) in [6.45, 7) is 7.00. The number of hydrogen-bond donors (Lipinski definition) is 2. The Morgan fingerprint density at radius 1 is 1.05 bits per heavy atom. The third-order valence-electron chi connectivity index (χ3n) is 7.39. The highest BCUT2D eigenvalue weighted by molar-refractivity contribution is 6.07. The fourth-order valence-electron chi connectivity index (χ4n) is 5.19. The molecular formula is C30H27F3N6O2. The van der Waals surface area contributed by atoms with Crippen molar-refractivity contribution in [2.24, 2.45) is 11.7 Å². The summed E-state index contributed by atoms with van der Waals surface area (Å²) in [6.07, 6.45) is 3.21. The second-order valence-electron chi connectivity index (χ2n) is 10.0. The molecule has 2 heterocycles. The highest BCUT2D eigenvalue weighted by atomic mass is 19.4. The fraction of sp³-hybridized carbons (Fsp3) is 0.267. The van der Waals surface area contributed by atoms with Gasteiger partial charge in [0.15, 0.2) is 5.69 Å². The number of carbonyl (C=O) groups is 2. The van der Waals surface area contributed by atoms with Gasteiger partial charge in [0.25, 0.3) is 5.91 Å². The molecule has 0 saturated heterocycles. The zero-order valence-electron chi connectivity index (χ0n) is 21.9. The Balaban J connectivity index is 1.38. The minimum absolute atomic E-state index is 0.159. The van der Waals surface area contributed by atoms with Gasteiger partial charge in [0, 0.05) is 23.0 Å². The number of nitrogens with one attached hydrogen (secondary N) is 1. The maximum Gasteiger partial charge on any atom is 0.491 e. The summed E-state index contributed by atoms with van der Waals surface area (Å²) in [7, 11) is 0. The Morgan fingerprint density at radius 2 is 1.73 bits per heavy atom. The van der Waals surface area contributed by atoms with Crippen molar-refractivity contribution in [2.45, 2.75) is 44.4 Å². The Bertz CT molecular complexity index is 1600. The van der Waals surface area contributed by atoms with Gasteiger partial charge < -0.3 is 11.1 Å². The topological polar surface area (TPSA) is 97.1 Å². The smallest absolute Gasteiger partial charge is 0.325 e. The van der Waals surface area contributed by atoms with Crippen molar-refractivity contribution < 1.29 is 22.8 Å². The summed E-state index contributed by atoms with van der Waals surface area (Å²) in [4.78, 5) is 28.8. The lowest BCUT2D eigenvalue weighted by Crippen LogP contribution is -2.43. The Hall–Kier alpha value is -4.69. The molecule has 210 valence electrons. The molecule has 0 aliphatic heterocycles. The molecule has 1 atom stereocenters. The maximum absolute atomic E-state index is 14.0. The monoisotopic (exact) mass is 560 g/mol. The molecule has 0 bridgehead atoms. The summed E-state index contributed by atoms with van der Waals surface area (Å²) in [6, 6.07) is 13.6. The molecule has 2 amide bonds. The van der Waals surface area contributed by atoms with Crippen molar-refractivity contribution in [2.75, 3.05) is 10.2 Å². The number of amides is 2. The Kier molecular flexibility index (Phi) is 7.77. The predicted octanol–water partition coefficient (Wildman–Crippen LogP) is 6.56. The molecule has 1 aliphatic carbocycles. The van der Waals surface area contributed by atoms with E-state index in [0.29, 0.717) is 22.3 Å². The lowest BCUT2D eigenvalue weighted by Gasteiger charge is -2.26. The summed E-state index contributed by atoms with van der Waals surface area (Å²) in [5, 5.41) is 7.13. The largest absolute Gasteiger partial charge is 0.491 e. The van der Waals surface area contributed by atoms with Gasteiger partial charge in [-0.3, -0.25) is 9.59 Å². The summed E-state index contributed by atoms with van der Waals surface area (Å²) in [5.74, 6) is -1.33. The molecule has 8 nitrogen and oxygen atoms in total. The number of alkyl halides is 3. The molecule has 5 rings (SSSR count). The van der Waals surface area contributed by atoms with Gasteiger partial charge in [0.1, 0.15) is 0 Å². The molecule has 2 aromatic heterocycles. The fourth-order valence-corrected chi connectivity index (χ4v) is 5.19. The average molecular weight is 561 g/mol. The molecule has 1 fully saturated rings. The van der Waals surface area contributed by atoms with Gasteiger partial charge in [-0.15, -0.1) is 13.2 Å². The maximum atomic E-state index is 14.0. The molecule has 2 aromatic carbocycles. The second kappa shape index (κ2) is 11.4. The van der Waals surface area contributed by atoms with E-state index in [1.807, 2.05) is 0 Å². The van der Waals surface area contributed by atoms with E-state index in [1.54, 1.807) is 30.5 Å². The first-order valence-electron chi connectivity index (χ1n) is 13.2. The van der Waals surface area contributed by atoms with E-state index in [1.165, 1.54) is 41.4 Å². The number of carbonyl (C=O) groups excluding carboxylic acids is 2. The summed E-state index contributed by atoms with van der Waals surface area (Å²) in [5.41, 5.74) is 8.07. The molecule has 3 N–H and O–H groups in total. The van der Waals surface area contributed by atoms with Crippen LogP contribution in [0.25, 0.3) is 21.5 Å². The Morgan fingerprint density at radius 3 is 2.37 bits per heavy atom. The first kappa shape index (κ1) is 27.9. The number of rotatable bonds is 6. The third kappa shape index (κ3) is 5.93. The van der Waals surface area contributed by atoms with E-state index in [9.17, 15) is 22.8 Å². The third-order valence-corrected chi connectivity index (χ3v) is 7.39. The Labute approximate surface area is 234 Å². The molecule has 11 heteroatoms. The van der Waals surface area contributed by atoms with Gasteiger partial charge in [0.2, 0.25) is 5.91 Å². The van der Waals surface area contributed by atoms with Crippen LogP contribution in [0.2, 0.25) is 0 Å². The zero-order chi connectivity index (χ0) is 29.1. The number of pyridine rings is 1. The van der Waals surface area contributed by atoms with Crippen LogP contribution in [-0.4, -0.2) is 33.8 Å². The van der Waals surface area contributed by atoms with Crippen molar-refractivity contribution in [1.82, 2.24) is 9.61 Å². The molecule has 0 radical (unpaired) electrons. The van der Waals surface area contributed by atoms with E-state index in [0.717, 1.165) is 37.8 Å². The number of nitrogens with zero attached hydrogens (tertiary/aromatic N) is 4. The number of hydrogen-bond acceptors (Lipinski definition) is 4. The van der Waals surface area contributed by atoms with Crippen LogP contribution in [0.3, 0.4) is 0 Å². The van der Waals surface area contributed by atoms with Gasteiger partial charge in [-0.25, -0.2) is 14.3 Å². The standard InChI is InChI=1S/C30H27F3N6O2/c1-35-22-11-13-24(14-12-22)39(30(31,32)33)29(41)21-15-16-38-26(17-21)25(18-36-38)19-7-9-23(10-8-19)37-28(40)27(34)20-5-3-2-4-6-20/h7-18,20,27H,2-6,34H2,(H,37,40)/t27-/m0/s1. The van der Waals surface area contributed by atoms with Gasteiger partial charge in [-0.1, -0.05) is 43.5 Å². The lowest BCUT2D eigenvalue weighted by molar-refractivity contribution is -0.122. The number of nitrogens with two attached hydrogens (primary N) is 1. The van der Waals surface area contributed by atoms with E-state index in [4.69, 9.17) is 12.3 Å². The lowest BCUT2D eigenvalue weighted by atomic mass is 9.84. The normalized spacial score (nSPS) is 14.8. The van der Waals surface area contributed by atoms with Gasteiger partial charge >= 0.3 is 6.30 Å².